The highest BCUT2D eigenvalue weighted by Crippen LogP contribution is 2.24. The van der Waals surface area contributed by atoms with Gasteiger partial charge in [0, 0.05) is 0 Å². The first-order valence-corrected chi connectivity index (χ1v) is 12.6. The molecule has 0 spiro atoms. The number of hydrogen-bond donors (Lipinski definition) is 1. The number of nitrogens with zero attached hydrogens (tertiary/aromatic N) is 3. The zero-order valence-electron chi connectivity index (χ0n) is 20.3. The van der Waals surface area contributed by atoms with E-state index in [9.17, 15) is 0 Å². The van der Waals surface area contributed by atoms with Crippen LogP contribution in [0.25, 0.3) is 10.2 Å². The van der Waals surface area contributed by atoms with Gasteiger partial charge in [-0.2, -0.15) is 5.10 Å². The maximum absolute atomic E-state index is 5.80. The van der Waals surface area contributed by atoms with Crippen molar-refractivity contribution in [2.24, 2.45) is 16.0 Å². The monoisotopic (exact) mass is 486 g/mol. The fraction of sp³-hybridized carbons (Fsp3) is 0.250. The van der Waals surface area contributed by atoms with Gasteiger partial charge in [0.2, 0.25) is 0 Å². The summed E-state index contributed by atoms with van der Waals surface area (Å²) in [6.45, 7) is 7.70. The van der Waals surface area contributed by atoms with Crippen molar-refractivity contribution in [1.82, 2.24) is 10.4 Å². The van der Waals surface area contributed by atoms with Gasteiger partial charge in [-0.1, -0.05) is 26.0 Å². The molecule has 0 aliphatic heterocycles. The van der Waals surface area contributed by atoms with Crippen molar-refractivity contribution in [3.63, 3.8) is 0 Å². The van der Waals surface area contributed by atoms with Crippen LogP contribution in [0.4, 0.5) is 5.69 Å². The summed E-state index contributed by atoms with van der Waals surface area (Å²) in [5.41, 5.74) is 5.78. The van der Waals surface area contributed by atoms with Gasteiger partial charge in [-0.15, -0.1) is 11.3 Å². The number of nitrogens with one attached hydrogen (secondary N) is 1. The van der Waals surface area contributed by atoms with Gasteiger partial charge in [0.05, 0.1) is 35.3 Å². The van der Waals surface area contributed by atoms with Crippen LogP contribution in [0.3, 0.4) is 0 Å². The van der Waals surface area contributed by atoms with Gasteiger partial charge in [-0.25, -0.2) is 9.98 Å². The van der Waals surface area contributed by atoms with E-state index >= 15 is 0 Å². The molecule has 1 heterocycles. The summed E-state index contributed by atoms with van der Waals surface area (Å²) in [6, 6.07) is 23.6. The second kappa shape index (κ2) is 12.1. The molecule has 180 valence electrons. The lowest BCUT2D eigenvalue weighted by Gasteiger charge is -2.08. The molecular formula is C28H30N4O2S. The molecule has 4 aromatic rings. The number of benzene rings is 3. The van der Waals surface area contributed by atoms with E-state index in [0.29, 0.717) is 18.4 Å². The normalized spacial score (nSPS) is 11.9. The molecule has 0 saturated carbocycles. The lowest BCUT2D eigenvalue weighted by molar-refractivity contribution is 0.289. The summed E-state index contributed by atoms with van der Waals surface area (Å²) < 4.78 is 12.4. The third-order valence-electron chi connectivity index (χ3n) is 5.11. The van der Waals surface area contributed by atoms with Gasteiger partial charge in [-0.05, 0) is 85.5 Å². The minimum atomic E-state index is 0.584. The van der Waals surface area contributed by atoms with Crippen molar-refractivity contribution in [3.8, 4) is 11.5 Å². The molecule has 0 fully saturated rings. The van der Waals surface area contributed by atoms with E-state index in [-0.39, 0.29) is 0 Å². The molecule has 7 heteroatoms. The number of amidine groups is 1. The standard InChI is InChI=1S/C28H30N4O2S/c1-4-33-23-15-11-22(12-16-23)30-27(28-31-25-7-5-6-8-26(25)35-28)32-29-19-21-9-13-24(14-10-21)34-18-17-20(2)3/h5-16,19-20H,4,17-18H2,1-3H3,(H,30,32)/b29-19+. The van der Waals surface area contributed by atoms with Crippen molar-refractivity contribution >= 4 is 39.3 Å². The summed E-state index contributed by atoms with van der Waals surface area (Å²) in [7, 11) is 0. The first-order chi connectivity index (χ1) is 17.1. The number of aromatic nitrogens is 1. The van der Waals surface area contributed by atoms with Crippen LogP contribution in [0.15, 0.2) is 82.9 Å². The van der Waals surface area contributed by atoms with E-state index in [0.717, 1.165) is 51.0 Å². The number of hydrazone groups is 1. The Labute approximate surface area is 210 Å². The summed E-state index contributed by atoms with van der Waals surface area (Å²) in [4.78, 5) is 9.53. The summed E-state index contributed by atoms with van der Waals surface area (Å²) >= 11 is 1.57. The van der Waals surface area contributed by atoms with E-state index in [4.69, 9.17) is 19.5 Å². The minimum absolute atomic E-state index is 0.584. The SMILES string of the molecule is CCOc1ccc(N=C(N/N=C/c2ccc(OCCC(C)C)cc2)c2nc3ccccc3s2)cc1. The van der Waals surface area contributed by atoms with Crippen LogP contribution in [0.5, 0.6) is 11.5 Å². The zero-order chi connectivity index (χ0) is 24.5. The first-order valence-electron chi connectivity index (χ1n) is 11.8. The number of hydrogen-bond acceptors (Lipinski definition) is 6. The second-order valence-corrected chi connectivity index (χ2v) is 9.37. The maximum Gasteiger partial charge on any atom is 0.183 e. The van der Waals surface area contributed by atoms with E-state index in [1.54, 1.807) is 17.6 Å². The van der Waals surface area contributed by atoms with Crippen LogP contribution < -0.4 is 14.9 Å². The molecule has 0 amide bonds. The Morgan fingerprint density at radius 2 is 1.69 bits per heavy atom. The van der Waals surface area contributed by atoms with E-state index in [1.165, 1.54) is 0 Å². The molecule has 0 saturated heterocycles. The molecule has 6 nitrogen and oxygen atoms in total. The third-order valence-corrected chi connectivity index (χ3v) is 6.16. The van der Waals surface area contributed by atoms with Crippen molar-refractivity contribution in [1.29, 1.82) is 0 Å². The largest absolute Gasteiger partial charge is 0.494 e. The van der Waals surface area contributed by atoms with Crippen LogP contribution >= 0.6 is 11.3 Å². The Morgan fingerprint density at radius 1 is 0.971 bits per heavy atom. The number of aliphatic imine (C=N–C) groups is 1. The maximum atomic E-state index is 5.80. The molecule has 0 radical (unpaired) electrons. The van der Waals surface area contributed by atoms with Crippen LogP contribution in [-0.2, 0) is 0 Å². The summed E-state index contributed by atoms with van der Waals surface area (Å²) in [6.07, 6.45) is 2.80. The summed E-state index contributed by atoms with van der Waals surface area (Å²) in [5, 5.41) is 5.21. The second-order valence-electron chi connectivity index (χ2n) is 8.34. The van der Waals surface area contributed by atoms with Crippen molar-refractivity contribution in [2.75, 3.05) is 13.2 Å². The molecule has 1 aromatic heterocycles. The Bertz CT molecular complexity index is 1250. The lowest BCUT2D eigenvalue weighted by atomic mass is 10.1. The van der Waals surface area contributed by atoms with E-state index in [2.05, 4.69) is 30.4 Å². The lowest BCUT2D eigenvalue weighted by Crippen LogP contribution is -2.18. The third kappa shape index (κ3) is 7.13. The Hall–Kier alpha value is -3.71. The Kier molecular flexibility index (Phi) is 8.46. The van der Waals surface area contributed by atoms with Crippen LogP contribution in [0.2, 0.25) is 0 Å². The Morgan fingerprint density at radius 3 is 2.40 bits per heavy atom. The molecule has 3 aromatic carbocycles. The molecule has 4 rings (SSSR count). The molecule has 35 heavy (non-hydrogen) atoms. The highest BCUT2D eigenvalue weighted by atomic mass is 32.1. The molecule has 0 aliphatic rings. The quantitative estimate of drug-likeness (QED) is 0.152. The van der Waals surface area contributed by atoms with Gasteiger partial charge in [0.15, 0.2) is 10.8 Å². The number of thiazole rings is 1. The van der Waals surface area contributed by atoms with Crippen molar-refractivity contribution in [3.05, 3.63) is 83.4 Å². The van der Waals surface area contributed by atoms with Crippen LogP contribution in [0, 0.1) is 5.92 Å². The van der Waals surface area contributed by atoms with Gasteiger partial charge in [0.1, 0.15) is 11.5 Å². The highest BCUT2D eigenvalue weighted by Gasteiger charge is 2.10. The smallest absolute Gasteiger partial charge is 0.183 e. The van der Waals surface area contributed by atoms with Crippen LogP contribution in [0.1, 0.15) is 37.8 Å². The molecule has 0 aliphatic carbocycles. The van der Waals surface area contributed by atoms with Gasteiger partial charge in [-0.3, -0.25) is 5.43 Å². The predicted octanol–water partition coefficient (Wildman–Crippen LogP) is 6.82. The van der Waals surface area contributed by atoms with Gasteiger partial charge < -0.3 is 9.47 Å². The summed E-state index contributed by atoms with van der Waals surface area (Å²) in [5.74, 6) is 2.89. The zero-order valence-corrected chi connectivity index (χ0v) is 21.1. The molecule has 0 atom stereocenters. The first kappa shape index (κ1) is 24.4. The van der Waals surface area contributed by atoms with Crippen molar-refractivity contribution < 1.29 is 9.47 Å². The Balaban J connectivity index is 1.51. The van der Waals surface area contributed by atoms with Gasteiger partial charge >= 0.3 is 0 Å². The minimum Gasteiger partial charge on any atom is -0.494 e. The van der Waals surface area contributed by atoms with E-state index in [1.807, 2.05) is 73.7 Å². The number of para-hydroxylation sites is 1. The topological polar surface area (TPSA) is 68.1 Å². The van der Waals surface area contributed by atoms with Gasteiger partial charge in [0.25, 0.3) is 0 Å². The number of ether oxygens (including phenoxy) is 2. The van der Waals surface area contributed by atoms with Crippen LogP contribution in [-0.4, -0.2) is 30.2 Å². The fourth-order valence-electron chi connectivity index (χ4n) is 3.24. The van der Waals surface area contributed by atoms with Crippen molar-refractivity contribution in [2.45, 2.75) is 27.2 Å². The molecule has 0 bridgehead atoms. The molecule has 0 unspecified atom stereocenters. The predicted molar refractivity (Wildman–Crippen MR) is 146 cm³/mol. The molecular weight excluding hydrogens is 456 g/mol. The highest BCUT2D eigenvalue weighted by molar-refractivity contribution is 7.20. The average molecular weight is 487 g/mol. The molecule has 1 N–H and O–H groups in total. The fourth-order valence-corrected chi connectivity index (χ4v) is 4.14. The average Bonchev–Trinajstić information content (AvgIpc) is 3.30. The number of fused-ring (bicyclic) bond motifs is 1. The van der Waals surface area contributed by atoms with E-state index < -0.39 is 0 Å². The number of rotatable bonds is 10.